The van der Waals surface area contributed by atoms with Crippen molar-refractivity contribution in [3.63, 3.8) is 0 Å². The molecule has 0 amide bonds. The van der Waals surface area contributed by atoms with Gasteiger partial charge in [0.05, 0.1) is 11.3 Å². The first-order valence-electron chi connectivity index (χ1n) is 5.98. The summed E-state index contributed by atoms with van der Waals surface area (Å²) in [5, 5.41) is 9.13. The van der Waals surface area contributed by atoms with Gasteiger partial charge < -0.3 is 9.84 Å². The fraction of sp³-hybridized carbons (Fsp3) is 0.467. The number of carboxylic acids is 1. The second-order valence-electron chi connectivity index (χ2n) is 5.89. The van der Waals surface area contributed by atoms with Crippen LogP contribution in [0.4, 0.5) is 0 Å². The van der Waals surface area contributed by atoms with Gasteiger partial charge >= 0.3 is 5.97 Å². The number of rotatable bonds is 3. The van der Waals surface area contributed by atoms with Gasteiger partial charge in [0.1, 0.15) is 0 Å². The zero-order valence-electron chi connectivity index (χ0n) is 11.9. The van der Waals surface area contributed by atoms with E-state index in [9.17, 15) is 4.79 Å². The molecule has 0 atom stereocenters. The molecule has 0 aromatic carbocycles. The second kappa shape index (κ2) is 4.93. The fourth-order valence-corrected chi connectivity index (χ4v) is 1.36. The average molecular weight is 261 g/mol. The minimum Gasteiger partial charge on any atom is -0.478 e. The molecule has 0 aliphatic carbocycles. The average Bonchev–Trinajstić information content (AvgIpc) is 2.26. The fourth-order valence-electron chi connectivity index (χ4n) is 1.36. The van der Waals surface area contributed by atoms with E-state index in [1.165, 1.54) is 6.07 Å². The van der Waals surface area contributed by atoms with Crippen molar-refractivity contribution in [1.29, 1.82) is 0 Å². The van der Waals surface area contributed by atoms with Crippen LogP contribution in [0.3, 0.4) is 0 Å². The maximum Gasteiger partial charge on any atom is 0.335 e. The lowest BCUT2D eigenvalue weighted by Crippen LogP contribution is -2.27. The predicted molar refractivity (Wildman–Crippen MR) is 73.4 cm³/mol. The van der Waals surface area contributed by atoms with Gasteiger partial charge in [-0.25, -0.2) is 9.78 Å². The lowest BCUT2D eigenvalue weighted by Gasteiger charge is -2.23. The summed E-state index contributed by atoms with van der Waals surface area (Å²) in [6.45, 7) is 9.31. The van der Waals surface area contributed by atoms with E-state index in [2.05, 4.69) is 10.9 Å². The molecule has 4 nitrogen and oxygen atoms in total. The van der Waals surface area contributed by atoms with Gasteiger partial charge in [0.15, 0.2) is 5.60 Å². The van der Waals surface area contributed by atoms with Gasteiger partial charge in [0.25, 0.3) is 0 Å². The van der Waals surface area contributed by atoms with Crippen molar-refractivity contribution in [1.82, 2.24) is 4.98 Å². The third-order valence-corrected chi connectivity index (χ3v) is 2.52. The Balaban J connectivity index is 3.30. The zero-order chi connectivity index (χ0) is 14.8. The summed E-state index contributed by atoms with van der Waals surface area (Å²) in [6, 6.07) is 2.94. The smallest absolute Gasteiger partial charge is 0.335 e. The van der Waals surface area contributed by atoms with Crippen LogP contribution < -0.4 is 4.74 Å². The Morgan fingerprint density at radius 3 is 2.32 bits per heavy atom. The van der Waals surface area contributed by atoms with Gasteiger partial charge in [0.2, 0.25) is 5.88 Å². The van der Waals surface area contributed by atoms with E-state index in [1.54, 1.807) is 19.9 Å². The molecule has 0 radical (unpaired) electrons. The number of ether oxygens (including phenoxy) is 1. The summed E-state index contributed by atoms with van der Waals surface area (Å²) in [5.41, 5.74) is -0.318. The standard InChI is InChI=1S/C15H19NO3/c1-7-15(5,6)19-12-9-10(13(17)18)8-11(16-12)14(2,3)4/h1,8-9H,2-6H3,(H,17,18). The topological polar surface area (TPSA) is 59.4 Å². The Bertz CT molecular complexity index is 533. The van der Waals surface area contributed by atoms with Crippen LogP contribution in [-0.2, 0) is 5.41 Å². The van der Waals surface area contributed by atoms with Crippen molar-refractivity contribution in [3.05, 3.63) is 23.4 Å². The van der Waals surface area contributed by atoms with Crippen LogP contribution in [0.25, 0.3) is 0 Å². The van der Waals surface area contributed by atoms with E-state index in [-0.39, 0.29) is 16.9 Å². The van der Waals surface area contributed by atoms with Gasteiger partial charge in [-0.3, -0.25) is 0 Å². The van der Waals surface area contributed by atoms with Crippen LogP contribution in [0.1, 0.15) is 50.7 Å². The summed E-state index contributed by atoms with van der Waals surface area (Å²) in [5.74, 6) is 1.70. The molecule has 4 heteroatoms. The number of carbonyl (C=O) groups is 1. The van der Waals surface area contributed by atoms with Crippen LogP contribution in [0, 0.1) is 12.3 Å². The number of hydrogen-bond donors (Lipinski definition) is 1. The van der Waals surface area contributed by atoms with Crippen molar-refractivity contribution in [2.45, 2.75) is 45.6 Å². The number of aromatic carboxylic acids is 1. The van der Waals surface area contributed by atoms with Crippen LogP contribution >= 0.6 is 0 Å². The predicted octanol–water partition coefficient (Wildman–Crippen LogP) is 2.87. The molecule has 0 aliphatic rings. The molecule has 1 heterocycles. The molecule has 1 rings (SSSR count). The Morgan fingerprint density at radius 1 is 1.32 bits per heavy atom. The van der Waals surface area contributed by atoms with Crippen molar-refractivity contribution in [2.24, 2.45) is 0 Å². The molecule has 102 valence electrons. The number of hydrogen-bond acceptors (Lipinski definition) is 3. The molecule has 0 saturated heterocycles. The molecule has 1 N–H and O–H groups in total. The Kier molecular flexibility index (Phi) is 3.90. The van der Waals surface area contributed by atoms with Crippen LogP contribution in [0.5, 0.6) is 5.88 Å². The van der Waals surface area contributed by atoms with Gasteiger partial charge in [-0.15, -0.1) is 6.42 Å². The largest absolute Gasteiger partial charge is 0.478 e. The first kappa shape index (κ1) is 15.0. The molecule has 0 saturated carbocycles. The van der Waals surface area contributed by atoms with Crippen molar-refractivity contribution < 1.29 is 14.6 Å². The third-order valence-electron chi connectivity index (χ3n) is 2.52. The second-order valence-corrected chi connectivity index (χ2v) is 5.89. The Hall–Kier alpha value is -2.02. The molecule has 0 spiro atoms. The molecule has 19 heavy (non-hydrogen) atoms. The van der Waals surface area contributed by atoms with Crippen LogP contribution in [-0.4, -0.2) is 21.7 Å². The molecular formula is C15H19NO3. The number of aromatic nitrogens is 1. The normalized spacial score (nSPS) is 11.8. The van der Waals surface area contributed by atoms with E-state index in [4.69, 9.17) is 16.3 Å². The van der Waals surface area contributed by atoms with Gasteiger partial charge in [-0.1, -0.05) is 26.7 Å². The maximum absolute atomic E-state index is 11.1. The highest BCUT2D eigenvalue weighted by Gasteiger charge is 2.22. The van der Waals surface area contributed by atoms with E-state index < -0.39 is 11.6 Å². The Labute approximate surface area is 113 Å². The monoisotopic (exact) mass is 261 g/mol. The molecule has 0 bridgehead atoms. The first-order valence-corrected chi connectivity index (χ1v) is 5.98. The summed E-state index contributed by atoms with van der Waals surface area (Å²) in [7, 11) is 0. The molecule has 1 aromatic heterocycles. The molecule has 0 unspecified atom stereocenters. The van der Waals surface area contributed by atoms with Crippen molar-refractivity contribution >= 4 is 5.97 Å². The SMILES string of the molecule is C#CC(C)(C)Oc1cc(C(=O)O)cc(C(C)(C)C)n1. The molecule has 0 fully saturated rings. The van der Waals surface area contributed by atoms with Gasteiger partial charge in [-0.2, -0.15) is 0 Å². The highest BCUT2D eigenvalue weighted by atomic mass is 16.5. The minimum absolute atomic E-state index is 0.141. The first-order chi connectivity index (χ1) is 8.55. The van der Waals surface area contributed by atoms with E-state index in [1.807, 2.05) is 20.8 Å². The molecular weight excluding hydrogens is 242 g/mol. The highest BCUT2D eigenvalue weighted by Crippen LogP contribution is 2.26. The van der Waals surface area contributed by atoms with Crippen molar-refractivity contribution in [2.75, 3.05) is 0 Å². The summed E-state index contributed by atoms with van der Waals surface area (Å²) >= 11 is 0. The Morgan fingerprint density at radius 2 is 1.89 bits per heavy atom. The number of terminal acetylenes is 1. The van der Waals surface area contributed by atoms with Crippen LogP contribution in [0.2, 0.25) is 0 Å². The maximum atomic E-state index is 11.1. The molecule has 0 aliphatic heterocycles. The number of nitrogens with zero attached hydrogens (tertiary/aromatic N) is 1. The molecule has 1 aromatic rings. The van der Waals surface area contributed by atoms with Gasteiger partial charge in [-0.05, 0) is 19.9 Å². The highest BCUT2D eigenvalue weighted by molar-refractivity contribution is 5.88. The van der Waals surface area contributed by atoms with Crippen LogP contribution in [0.15, 0.2) is 12.1 Å². The zero-order valence-corrected chi connectivity index (χ0v) is 11.9. The van der Waals surface area contributed by atoms with E-state index in [0.717, 1.165) is 0 Å². The van der Waals surface area contributed by atoms with Gasteiger partial charge in [0, 0.05) is 11.5 Å². The third kappa shape index (κ3) is 3.99. The quantitative estimate of drug-likeness (QED) is 0.850. The van der Waals surface area contributed by atoms with Crippen molar-refractivity contribution in [3.8, 4) is 18.2 Å². The minimum atomic E-state index is -1.02. The lowest BCUT2D eigenvalue weighted by molar-refractivity contribution is 0.0694. The number of pyridine rings is 1. The van der Waals surface area contributed by atoms with E-state index >= 15 is 0 Å². The summed E-state index contributed by atoms with van der Waals surface area (Å²) in [4.78, 5) is 15.5. The lowest BCUT2D eigenvalue weighted by atomic mass is 9.91. The summed E-state index contributed by atoms with van der Waals surface area (Å²) < 4.78 is 5.57. The summed E-state index contributed by atoms with van der Waals surface area (Å²) in [6.07, 6.45) is 5.36. The number of carboxylic acid groups (broad SMARTS) is 1. The van der Waals surface area contributed by atoms with E-state index in [0.29, 0.717) is 5.69 Å².